The highest BCUT2D eigenvalue weighted by Crippen LogP contribution is 2.30. The maximum Gasteiger partial charge on any atom is 0.315 e. The first-order valence-electron chi connectivity index (χ1n) is 8.40. The number of hydrogen-bond donors (Lipinski definition) is 2. The molecule has 2 atom stereocenters. The lowest BCUT2D eigenvalue weighted by atomic mass is 9.81. The van der Waals surface area contributed by atoms with Crippen LogP contribution in [0, 0.1) is 17.8 Å². The zero-order valence-corrected chi connectivity index (χ0v) is 13.7. The molecule has 0 spiro atoms. The molecule has 21 heavy (non-hydrogen) atoms. The second kappa shape index (κ2) is 8.37. The Labute approximate surface area is 128 Å². The van der Waals surface area contributed by atoms with Crippen molar-refractivity contribution in [3.8, 4) is 0 Å². The van der Waals surface area contributed by atoms with Gasteiger partial charge in [0.15, 0.2) is 0 Å². The van der Waals surface area contributed by atoms with Gasteiger partial charge in [-0.15, -0.1) is 5.10 Å². The summed E-state index contributed by atoms with van der Waals surface area (Å²) in [5, 5.41) is 14.7. The molecule has 1 aromatic heterocycles. The molecule has 1 aromatic rings. The van der Waals surface area contributed by atoms with Gasteiger partial charge < -0.3 is 15.1 Å². The summed E-state index contributed by atoms with van der Waals surface area (Å²) in [7, 11) is 0. The Morgan fingerprint density at radius 1 is 1.29 bits per heavy atom. The number of anilines is 1. The first-order valence-corrected chi connectivity index (χ1v) is 8.40. The fourth-order valence-corrected chi connectivity index (χ4v) is 3.07. The number of nitrogens with one attached hydrogen (secondary N) is 2. The lowest BCUT2D eigenvalue weighted by Crippen LogP contribution is -2.19. The minimum atomic E-state index is 0.556. The maximum absolute atomic E-state index is 5.58. The Morgan fingerprint density at radius 2 is 2.14 bits per heavy atom. The van der Waals surface area contributed by atoms with Crippen molar-refractivity contribution in [2.45, 2.75) is 59.4 Å². The maximum atomic E-state index is 5.58. The summed E-state index contributed by atoms with van der Waals surface area (Å²) >= 11 is 0. The Balaban J connectivity index is 1.63. The summed E-state index contributed by atoms with van der Waals surface area (Å²) in [6.07, 6.45) is 6.74. The molecule has 2 unspecified atom stereocenters. The predicted octanol–water partition coefficient (Wildman–Crippen LogP) is 3.44. The molecular formula is C16H30N4O. The lowest BCUT2D eigenvalue weighted by Gasteiger charge is -2.26. The molecule has 1 aliphatic carbocycles. The average Bonchev–Trinajstić information content (AvgIpc) is 2.86. The molecule has 1 fully saturated rings. The third-order valence-electron chi connectivity index (χ3n) is 4.17. The van der Waals surface area contributed by atoms with Crippen LogP contribution in [0.4, 0.5) is 6.01 Å². The van der Waals surface area contributed by atoms with Gasteiger partial charge in [-0.2, -0.15) is 0 Å². The van der Waals surface area contributed by atoms with Crippen LogP contribution in [0.25, 0.3) is 0 Å². The molecule has 0 aromatic carbocycles. The van der Waals surface area contributed by atoms with E-state index >= 15 is 0 Å². The molecule has 0 amide bonds. The van der Waals surface area contributed by atoms with Crippen molar-refractivity contribution in [3.05, 3.63) is 5.89 Å². The van der Waals surface area contributed by atoms with Gasteiger partial charge in [-0.1, -0.05) is 45.1 Å². The predicted molar refractivity (Wildman–Crippen MR) is 85.1 cm³/mol. The van der Waals surface area contributed by atoms with E-state index in [0.29, 0.717) is 24.4 Å². The summed E-state index contributed by atoms with van der Waals surface area (Å²) in [5.41, 5.74) is 0. The van der Waals surface area contributed by atoms with Crippen molar-refractivity contribution in [2.24, 2.45) is 17.8 Å². The molecule has 1 aliphatic rings. The van der Waals surface area contributed by atoms with Gasteiger partial charge in [-0.3, -0.25) is 0 Å². The highest BCUT2D eigenvalue weighted by molar-refractivity contribution is 5.16. The van der Waals surface area contributed by atoms with E-state index in [4.69, 9.17) is 4.42 Å². The van der Waals surface area contributed by atoms with Crippen LogP contribution in [0.2, 0.25) is 0 Å². The third-order valence-corrected chi connectivity index (χ3v) is 4.17. The van der Waals surface area contributed by atoms with Crippen molar-refractivity contribution < 1.29 is 4.42 Å². The highest BCUT2D eigenvalue weighted by Gasteiger charge is 2.18. The Kier molecular flexibility index (Phi) is 6.49. The fraction of sp³-hybridized carbons (Fsp3) is 0.875. The van der Waals surface area contributed by atoms with E-state index in [2.05, 4.69) is 41.6 Å². The van der Waals surface area contributed by atoms with Crippen LogP contribution < -0.4 is 10.6 Å². The fourth-order valence-electron chi connectivity index (χ4n) is 3.07. The van der Waals surface area contributed by atoms with Crippen LogP contribution >= 0.6 is 0 Å². The molecule has 0 aliphatic heterocycles. The van der Waals surface area contributed by atoms with Crippen molar-refractivity contribution in [3.63, 3.8) is 0 Å². The number of aromatic nitrogens is 2. The smallest absolute Gasteiger partial charge is 0.315 e. The quantitative estimate of drug-likeness (QED) is 0.769. The highest BCUT2D eigenvalue weighted by atomic mass is 16.4. The summed E-state index contributed by atoms with van der Waals surface area (Å²) in [4.78, 5) is 0. The zero-order valence-electron chi connectivity index (χ0n) is 13.7. The molecular weight excluding hydrogens is 264 g/mol. The van der Waals surface area contributed by atoms with Crippen LogP contribution in [0.3, 0.4) is 0 Å². The van der Waals surface area contributed by atoms with Gasteiger partial charge in [0.1, 0.15) is 0 Å². The molecule has 5 heteroatoms. The molecule has 1 heterocycles. The van der Waals surface area contributed by atoms with E-state index in [1.807, 2.05) is 0 Å². The monoisotopic (exact) mass is 294 g/mol. The van der Waals surface area contributed by atoms with Gasteiger partial charge in [0.25, 0.3) is 0 Å². The Morgan fingerprint density at radius 3 is 2.90 bits per heavy atom. The summed E-state index contributed by atoms with van der Waals surface area (Å²) in [6.45, 7) is 9.27. The molecule has 0 bridgehead atoms. The molecule has 2 N–H and O–H groups in total. The van der Waals surface area contributed by atoms with Gasteiger partial charge in [-0.05, 0) is 37.1 Å². The lowest BCUT2D eigenvalue weighted by molar-refractivity contribution is 0.274. The summed E-state index contributed by atoms with van der Waals surface area (Å²) in [5.74, 6) is 3.04. The minimum absolute atomic E-state index is 0.556. The van der Waals surface area contributed by atoms with Gasteiger partial charge in [0, 0.05) is 6.54 Å². The van der Waals surface area contributed by atoms with E-state index < -0.39 is 0 Å². The molecule has 0 saturated heterocycles. The summed E-state index contributed by atoms with van der Waals surface area (Å²) < 4.78 is 5.58. The van der Waals surface area contributed by atoms with Crippen molar-refractivity contribution >= 4 is 6.01 Å². The first kappa shape index (κ1) is 16.3. The van der Waals surface area contributed by atoms with Gasteiger partial charge >= 0.3 is 6.01 Å². The number of nitrogens with zero attached hydrogens (tertiary/aromatic N) is 2. The van der Waals surface area contributed by atoms with Crippen LogP contribution in [0.5, 0.6) is 0 Å². The second-order valence-electron chi connectivity index (χ2n) is 6.88. The molecule has 1 saturated carbocycles. The standard InChI is InChI=1S/C16H30N4O/c1-12(2)10-17-11-15-19-20-16(21-15)18-8-7-14-6-4-5-13(3)9-14/h12-14,17H,4-11H2,1-3H3,(H,18,20). The summed E-state index contributed by atoms with van der Waals surface area (Å²) in [6, 6.07) is 0.556. The first-order chi connectivity index (χ1) is 10.1. The van der Waals surface area contributed by atoms with E-state index in [1.54, 1.807) is 0 Å². The average molecular weight is 294 g/mol. The van der Waals surface area contributed by atoms with Gasteiger partial charge in [-0.25, -0.2) is 0 Å². The van der Waals surface area contributed by atoms with Crippen LogP contribution in [-0.4, -0.2) is 23.3 Å². The van der Waals surface area contributed by atoms with Crippen LogP contribution in [-0.2, 0) is 6.54 Å². The molecule has 0 radical (unpaired) electrons. The van der Waals surface area contributed by atoms with E-state index in [-0.39, 0.29) is 0 Å². The van der Waals surface area contributed by atoms with Crippen molar-refractivity contribution in [1.82, 2.24) is 15.5 Å². The van der Waals surface area contributed by atoms with Crippen LogP contribution in [0.1, 0.15) is 58.8 Å². The van der Waals surface area contributed by atoms with Crippen LogP contribution in [0.15, 0.2) is 4.42 Å². The largest absolute Gasteiger partial charge is 0.407 e. The minimum Gasteiger partial charge on any atom is -0.407 e. The second-order valence-corrected chi connectivity index (χ2v) is 6.88. The Bertz CT molecular complexity index is 405. The van der Waals surface area contributed by atoms with E-state index in [1.165, 1.54) is 32.1 Å². The normalized spacial score (nSPS) is 22.7. The van der Waals surface area contributed by atoms with Gasteiger partial charge in [0.05, 0.1) is 6.54 Å². The van der Waals surface area contributed by atoms with Crippen molar-refractivity contribution in [2.75, 3.05) is 18.4 Å². The molecule has 120 valence electrons. The topological polar surface area (TPSA) is 63.0 Å². The van der Waals surface area contributed by atoms with Gasteiger partial charge in [0.2, 0.25) is 5.89 Å². The SMILES string of the molecule is CC(C)CNCc1nnc(NCCC2CCCC(C)C2)o1. The number of hydrogen-bond acceptors (Lipinski definition) is 5. The van der Waals surface area contributed by atoms with Crippen molar-refractivity contribution in [1.29, 1.82) is 0 Å². The Hall–Kier alpha value is -1.10. The van der Waals surface area contributed by atoms with E-state index in [0.717, 1.165) is 24.9 Å². The van der Waals surface area contributed by atoms with E-state index in [9.17, 15) is 0 Å². The number of rotatable bonds is 8. The third kappa shape index (κ3) is 6.04. The zero-order chi connectivity index (χ0) is 15.1. The molecule has 2 rings (SSSR count). The molecule has 5 nitrogen and oxygen atoms in total.